The third-order valence-corrected chi connectivity index (χ3v) is 7.48. The second kappa shape index (κ2) is 10.3. The average molecular weight is 450 g/mol. The van der Waals surface area contributed by atoms with Gasteiger partial charge in [0.25, 0.3) is 0 Å². The molecule has 0 amide bonds. The minimum atomic E-state index is -1.14. The summed E-state index contributed by atoms with van der Waals surface area (Å²) < 4.78 is 13.4. The van der Waals surface area contributed by atoms with Crippen molar-refractivity contribution in [3.05, 3.63) is 65.5 Å². The highest BCUT2D eigenvalue weighted by molar-refractivity contribution is 6.76. The first kappa shape index (κ1) is 24.0. The molecule has 0 aliphatic carbocycles. The third-order valence-electron chi connectivity index (χ3n) is 5.78. The molecule has 0 saturated carbocycles. The summed E-state index contributed by atoms with van der Waals surface area (Å²) in [5.41, 5.74) is 5.54. The molecule has 0 unspecified atom stereocenters. The fourth-order valence-corrected chi connectivity index (χ4v) is 4.72. The van der Waals surface area contributed by atoms with Crippen LogP contribution in [0.1, 0.15) is 23.9 Å². The summed E-state index contributed by atoms with van der Waals surface area (Å²) in [5, 5.41) is 2.39. The van der Waals surface area contributed by atoms with Gasteiger partial charge in [-0.05, 0) is 49.2 Å². The van der Waals surface area contributed by atoms with Gasteiger partial charge < -0.3 is 14.0 Å². The molecule has 3 aromatic rings. The standard InChI is InChI=1S/C27H35NO3Si/c1-7-31-26(29)16-15-23-20(2)28(19-30-17-18-32(4,5)6)21(3)27(23)25-14-10-12-22-11-8-9-13-24(22)25/h8-16H,7,17-19H2,1-6H3. The Balaban J connectivity index is 2.06. The van der Waals surface area contributed by atoms with Crippen LogP contribution in [0, 0.1) is 13.8 Å². The Bertz CT molecular complexity index is 1120. The summed E-state index contributed by atoms with van der Waals surface area (Å²) in [6.07, 6.45) is 3.41. The highest BCUT2D eigenvalue weighted by atomic mass is 28.3. The van der Waals surface area contributed by atoms with E-state index < -0.39 is 8.07 Å². The van der Waals surface area contributed by atoms with E-state index in [0.29, 0.717) is 13.3 Å². The summed E-state index contributed by atoms with van der Waals surface area (Å²) in [6, 6.07) is 15.9. The van der Waals surface area contributed by atoms with Crippen LogP contribution in [0.3, 0.4) is 0 Å². The smallest absolute Gasteiger partial charge is 0.330 e. The number of carbonyl (C=O) groups is 1. The van der Waals surface area contributed by atoms with E-state index in [9.17, 15) is 4.79 Å². The SMILES string of the molecule is CCOC(=O)C=Cc1c(-c2cccc3ccccc23)c(C)n(COCC[Si](C)(C)C)c1C. The molecule has 0 radical (unpaired) electrons. The maximum atomic E-state index is 12.0. The van der Waals surface area contributed by atoms with E-state index in [1.807, 2.05) is 13.0 Å². The third kappa shape index (κ3) is 5.58. The number of nitrogens with zero attached hydrogens (tertiary/aromatic N) is 1. The quantitative estimate of drug-likeness (QED) is 0.156. The molecule has 2 aromatic carbocycles. The molecule has 0 aliphatic heterocycles. The number of carbonyl (C=O) groups excluding carboxylic acids is 1. The fourth-order valence-electron chi connectivity index (χ4n) is 3.96. The van der Waals surface area contributed by atoms with Crippen LogP contribution in [0.2, 0.25) is 25.7 Å². The van der Waals surface area contributed by atoms with Gasteiger partial charge in [-0.1, -0.05) is 62.1 Å². The Morgan fingerprint density at radius 1 is 1.03 bits per heavy atom. The topological polar surface area (TPSA) is 40.5 Å². The molecule has 0 atom stereocenters. The lowest BCUT2D eigenvalue weighted by atomic mass is 9.95. The molecule has 5 heteroatoms. The first-order valence-corrected chi connectivity index (χ1v) is 15.0. The number of benzene rings is 2. The second-order valence-corrected chi connectivity index (χ2v) is 15.0. The van der Waals surface area contributed by atoms with E-state index in [-0.39, 0.29) is 5.97 Å². The van der Waals surface area contributed by atoms with Gasteiger partial charge in [-0.25, -0.2) is 4.79 Å². The van der Waals surface area contributed by atoms with Crippen molar-refractivity contribution < 1.29 is 14.3 Å². The number of esters is 1. The van der Waals surface area contributed by atoms with Crippen molar-refractivity contribution >= 4 is 30.9 Å². The van der Waals surface area contributed by atoms with Gasteiger partial charge in [0.2, 0.25) is 0 Å². The Morgan fingerprint density at radius 2 is 1.75 bits per heavy atom. The molecular weight excluding hydrogens is 414 g/mol. The fraction of sp³-hybridized carbons (Fsp3) is 0.370. The zero-order valence-corrected chi connectivity index (χ0v) is 21.2. The number of hydrogen-bond acceptors (Lipinski definition) is 3. The molecule has 3 rings (SSSR count). The lowest BCUT2D eigenvalue weighted by Crippen LogP contribution is -2.22. The first-order valence-electron chi connectivity index (χ1n) is 11.3. The zero-order valence-electron chi connectivity index (χ0n) is 20.2. The lowest BCUT2D eigenvalue weighted by molar-refractivity contribution is -0.137. The van der Waals surface area contributed by atoms with Gasteiger partial charge in [0.05, 0.1) is 6.61 Å². The highest BCUT2D eigenvalue weighted by Crippen LogP contribution is 2.37. The summed E-state index contributed by atoms with van der Waals surface area (Å²) in [4.78, 5) is 12.0. The second-order valence-electron chi connectivity index (χ2n) is 9.35. The van der Waals surface area contributed by atoms with Crippen LogP contribution in [0.15, 0.2) is 48.5 Å². The molecule has 0 fully saturated rings. The molecule has 170 valence electrons. The molecule has 1 aromatic heterocycles. The van der Waals surface area contributed by atoms with Crippen molar-refractivity contribution in [3.8, 4) is 11.1 Å². The average Bonchev–Trinajstić information content (AvgIpc) is 2.98. The van der Waals surface area contributed by atoms with Crippen LogP contribution in [0.4, 0.5) is 0 Å². The van der Waals surface area contributed by atoms with Crippen molar-refractivity contribution in [2.75, 3.05) is 13.2 Å². The maximum absolute atomic E-state index is 12.0. The monoisotopic (exact) mass is 449 g/mol. The van der Waals surface area contributed by atoms with Gasteiger partial charge in [0.1, 0.15) is 6.73 Å². The van der Waals surface area contributed by atoms with E-state index in [2.05, 4.69) is 80.5 Å². The number of ether oxygens (including phenoxy) is 2. The molecular formula is C27H35NO3Si. The molecule has 4 nitrogen and oxygen atoms in total. The minimum absolute atomic E-state index is 0.326. The molecule has 32 heavy (non-hydrogen) atoms. The predicted octanol–water partition coefficient (Wildman–Crippen LogP) is 6.81. The van der Waals surface area contributed by atoms with E-state index >= 15 is 0 Å². The highest BCUT2D eigenvalue weighted by Gasteiger charge is 2.20. The molecule has 0 N–H and O–H groups in total. The van der Waals surface area contributed by atoms with Crippen molar-refractivity contribution in [3.63, 3.8) is 0 Å². The van der Waals surface area contributed by atoms with Gasteiger partial charge in [-0.2, -0.15) is 0 Å². The normalized spacial score (nSPS) is 12.1. The molecule has 0 aliphatic rings. The Labute approximate surface area is 192 Å². The van der Waals surface area contributed by atoms with Crippen molar-refractivity contribution in [2.24, 2.45) is 0 Å². The summed E-state index contributed by atoms with van der Waals surface area (Å²) >= 11 is 0. The van der Waals surface area contributed by atoms with Gasteiger partial charge in [-0.3, -0.25) is 0 Å². The van der Waals surface area contributed by atoms with Crippen molar-refractivity contribution in [2.45, 2.75) is 53.2 Å². The Kier molecular flexibility index (Phi) is 7.75. The molecule has 1 heterocycles. The zero-order chi connectivity index (χ0) is 23.3. The minimum Gasteiger partial charge on any atom is -0.463 e. The number of aromatic nitrogens is 1. The van der Waals surface area contributed by atoms with Gasteiger partial charge >= 0.3 is 5.97 Å². The Hall–Kier alpha value is -2.63. The van der Waals surface area contributed by atoms with Crippen LogP contribution < -0.4 is 0 Å². The van der Waals surface area contributed by atoms with Crippen LogP contribution >= 0.6 is 0 Å². The van der Waals surface area contributed by atoms with Gasteiger partial charge in [-0.15, -0.1) is 0 Å². The van der Waals surface area contributed by atoms with Crippen LogP contribution in [-0.4, -0.2) is 31.8 Å². The van der Waals surface area contributed by atoms with E-state index in [0.717, 1.165) is 40.7 Å². The summed E-state index contributed by atoms with van der Waals surface area (Å²) in [7, 11) is -1.14. The molecule has 0 spiro atoms. The largest absolute Gasteiger partial charge is 0.463 e. The molecule has 0 bridgehead atoms. The van der Waals surface area contributed by atoms with Crippen LogP contribution in [-0.2, 0) is 21.0 Å². The summed E-state index contributed by atoms with van der Waals surface area (Å²) in [6.45, 7) is 14.8. The van der Waals surface area contributed by atoms with E-state index in [1.165, 1.54) is 16.8 Å². The number of fused-ring (bicyclic) bond motifs is 1. The Morgan fingerprint density at radius 3 is 2.47 bits per heavy atom. The van der Waals surface area contributed by atoms with Crippen molar-refractivity contribution in [1.82, 2.24) is 4.57 Å². The number of hydrogen-bond donors (Lipinski definition) is 0. The maximum Gasteiger partial charge on any atom is 0.330 e. The lowest BCUT2D eigenvalue weighted by Gasteiger charge is -2.16. The van der Waals surface area contributed by atoms with Crippen LogP contribution in [0.25, 0.3) is 28.0 Å². The van der Waals surface area contributed by atoms with Crippen molar-refractivity contribution in [1.29, 1.82) is 0 Å². The molecule has 0 saturated heterocycles. The number of rotatable bonds is 9. The van der Waals surface area contributed by atoms with Gasteiger partial charge in [0.15, 0.2) is 0 Å². The van der Waals surface area contributed by atoms with Gasteiger partial charge in [0, 0.05) is 43.3 Å². The first-order chi connectivity index (χ1) is 15.2. The van der Waals surface area contributed by atoms with E-state index in [1.54, 1.807) is 0 Å². The summed E-state index contributed by atoms with van der Waals surface area (Å²) in [5.74, 6) is -0.326. The predicted molar refractivity (Wildman–Crippen MR) is 137 cm³/mol. The van der Waals surface area contributed by atoms with E-state index in [4.69, 9.17) is 9.47 Å². The van der Waals surface area contributed by atoms with Crippen LogP contribution in [0.5, 0.6) is 0 Å².